The van der Waals surface area contributed by atoms with E-state index in [9.17, 15) is 8.42 Å². The minimum atomic E-state index is -3.81. The molecular formula is C6H9N3O3S. The normalized spacial score (nSPS) is 11.2. The Balaban J connectivity index is 2.94. The van der Waals surface area contributed by atoms with Crippen LogP contribution in [-0.2, 0) is 10.0 Å². The Morgan fingerprint density at radius 1 is 1.46 bits per heavy atom. The molecule has 1 rings (SSSR count). The van der Waals surface area contributed by atoms with E-state index >= 15 is 0 Å². The first kappa shape index (κ1) is 9.87. The molecule has 0 bridgehead atoms. The first-order chi connectivity index (χ1) is 6.04. The molecule has 0 saturated heterocycles. The summed E-state index contributed by atoms with van der Waals surface area (Å²) in [7, 11) is -3.81. The predicted octanol–water partition coefficient (Wildman–Crippen LogP) is -0.477. The Kier molecular flexibility index (Phi) is 2.79. The standard InChI is InChI=1S/C6H9N3O3S/c1-2-12-5-3-8-6(9-4-5)13(7,10)11/h3-4H,2H2,1H3,(H2,7,10,11). The van der Waals surface area contributed by atoms with E-state index in [1.165, 1.54) is 12.4 Å². The molecule has 0 unspecified atom stereocenters. The van der Waals surface area contributed by atoms with Gasteiger partial charge in [0.1, 0.15) is 0 Å². The van der Waals surface area contributed by atoms with Crippen molar-refractivity contribution in [3.05, 3.63) is 12.4 Å². The first-order valence-electron chi connectivity index (χ1n) is 3.51. The molecule has 0 spiro atoms. The van der Waals surface area contributed by atoms with Gasteiger partial charge >= 0.3 is 0 Å². The third-order valence-electron chi connectivity index (χ3n) is 1.17. The SMILES string of the molecule is CCOc1cnc(S(N)(=O)=O)nc1. The average molecular weight is 203 g/mol. The van der Waals surface area contributed by atoms with Crippen molar-refractivity contribution < 1.29 is 13.2 Å². The van der Waals surface area contributed by atoms with Crippen LogP contribution >= 0.6 is 0 Å². The highest BCUT2D eigenvalue weighted by Crippen LogP contribution is 2.07. The van der Waals surface area contributed by atoms with Crippen LogP contribution in [0.25, 0.3) is 0 Å². The van der Waals surface area contributed by atoms with Gasteiger partial charge in [-0.1, -0.05) is 0 Å². The van der Waals surface area contributed by atoms with Crippen LogP contribution < -0.4 is 9.88 Å². The van der Waals surface area contributed by atoms with Gasteiger partial charge in [-0.2, -0.15) is 0 Å². The minimum Gasteiger partial charge on any atom is -0.491 e. The molecule has 0 aromatic carbocycles. The van der Waals surface area contributed by atoms with Gasteiger partial charge in [0.05, 0.1) is 19.0 Å². The van der Waals surface area contributed by atoms with Crippen molar-refractivity contribution in [2.45, 2.75) is 12.1 Å². The molecule has 1 aromatic rings. The Bertz CT molecular complexity index is 373. The van der Waals surface area contributed by atoms with Crippen LogP contribution in [0.2, 0.25) is 0 Å². The highest BCUT2D eigenvalue weighted by Gasteiger charge is 2.10. The van der Waals surface area contributed by atoms with Crippen LogP contribution in [0.15, 0.2) is 17.6 Å². The number of primary sulfonamides is 1. The number of hydrogen-bond acceptors (Lipinski definition) is 5. The number of rotatable bonds is 3. The van der Waals surface area contributed by atoms with Gasteiger partial charge in [-0.05, 0) is 6.92 Å². The molecule has 2 N–H and O–H groups in total. The third-order valence-corrected chi connectivity index (χ3v) is 1.89. The molecule has 0 aliphatic rings. The molecule has 7 heteroatoms. The molecule has 0 atom stereocenters. The molecule has 6 nitrogen and oxygen atoms in total. The summed E-state index contributed by atoms with van der Waals surface area (Å²) < 4.78 is 26.4. The van der Waals surface area contributed by atoms with Crippen LogP contribution in [0, 0.1) is 0 Å². The summed E-state index contributed by atoms with van der Waals surface area (Å²) >= 11 is 0. The van der Waals surface area contributed by atoms with Gasteiger partial charge in [0.15, 0.2) is 5.75 Å². The number of sulfonamides is 1. The number of ether oxygens (including phenoxy) is 1. The van der Waals surface area contributed by atoms with E-state index in [1.807, 2.05) is 0 Å². The van der Waals surface area contributed by atoms with E-state index in [-0.39, 0.29) is 0 Å². The number of hydrogen-bond donors (Lipinski definition) is 1. The molecule has 0 fully saturated rings. The number of nitrogens with zero attached hydrogens (tertiary/aromatic N) is 2. The van der Waals surface area contributed by atoms with Crippen LogP contribution in [0.1, 0.15) is 6.92 Å². The maximum absolute atomic E-state index is 10.7. The Morgan fingerprint density at radius 3 is 2.38 bits per heavy atom. The van der Waals surface area contributed by atoms with Gasteiger partial charge in [0.25, 0.3) is 15.2 Å². The zero-order chi connectivity index (χ0) is 9.90. The molecular weight excluding hydrogens is 194 g/mol. The van der Waals surface area contributed by atoms with E-state index in [1.54, 1.807) is 6.92 Å². The second-order valence-electron chi connectivity index (χ2n) is 2.18. The first-order valence-corrected chi connectivity index (χ1v) is 5.06. The van der Waals surface area contributed by atoms with E-state index in [0.717, 1.165) is 0 Å². The lowest BCUT2D eigenvalue weighted by molar-refractivity contribution is 0.336. The van der Waals surface area contributed by atoms with Gasteiger partial charge in [-0.25, -0.2) is 23.5 Å². The monoisotopic (exact) mass is 203 g/mol. The fraction of sp³-hybridized carbons (Fsp3) is 0.333. The molecule has 0 aliphatic carbocycles. The van der Waals surface area contributed by atoms with Gasteiger partial charge in [0.2, 0.25) is 0 Å². The highest BCUT2D eigenvalue weighted by molar-refractivity contribution is 7.89. The van der Waals surface area contributed by atoms with Gasteiger partial charge in [-0.15, -0.1) is 0 Å². The van der Waals surface area contributed by atoms with E-state index in [4.69, 9.17) is 9.88 Å². The lowest BCUT2D eigenvalue weighted by atomic mass is 10.6. The number of nitrogens with two attached hydrogens (primary N) is 1. The van der Waals surface area contributed by atoms with E-state index < -0.39 is 15.2 Å². The predicted molar refractivity (Wildman–Crippen MR) is 44.6 cm³/mol. The zero-order valence-electron chi connectivity index (χ0n) is 6.97. The van der Waals surface area contributed by atoms with Crippen molar-refractivity contribution in [2.24, 2.45) is 5.14 Å². The van der Waals surface area contributed by atoms with Gasteiger partial charge in [0, 0.05) is 0 Å². The molecule has 13 heavy (non-hydrogen) atoms. The molecule has 1 aromatic heterocycles. The van der Waals surface area contributed by atoms with Gasteiger partial charge < -0.3 is 4.74 Å². The molecule has 0 radical (unpaired) electrons. The van der Waals surface area contributed by atoms with Crippen molar-refractivity contribution in [1.82, 2.24) is 9.97 Å². The largest absolute Gasteiger partial charge is 0.491 e. The lowest BCUT2D eigenvalue weighted by Crippen LogP contribution is -2.15. The van der Waals surface area contributed by atoms with Crippen LogP contribution in [0.5, 0.6) is 5.75 Å². The highest BCUT2D eigenvalue weighted by atomic mass is 32.2. The fourth-order valence-corrected chi connectivity index (χ4v) is 1.09. The summed E-state index contributed by atoms with van der Waals surface area (Å²) in [6.07, 6.45) is 2.52. The molecule has 72 valence electrons. The maximum atomic E-state index is 10.7. The fourth-order valence-electron chi connectivity index (χ4n) is 0.692. The Labute approximate surface area is 75.8 Å². The summed E-state index contributed by atoms with van der Waals surface area (Å²) in [5.41, 5.74) is 0. The summed E-state index contributed by atoms with van der Waals surface area (Å²) in [5.74, 6) is 0.412. The molecule has 1 heterocycles. The van der Waals surface area contributed by atoms with Crippen LogP contribution in [-0.4, -0.2) is 25.0 Å². The van der Waals surface area contributed by atoms with Crippen molar-refractivity contribution >= 4 is 10.0 Å². The summed E-state index contributed by atoms with van der Waals surface area (Å²) in [5, 5.41) is 4.38. The number of aromatic nitrogens is 2. The summed E-state index contributed by atoms with van der Waals surface area (Å²) in [4.78, 5) is 7.04. The van der Waals surface area contributed by atoms with Crippen LogP contribution in [0.3, 0.4) is 0 Å². The topological polar surface area (TPSA) is 95.2 Å². The summed E-state index contributed by atoms with van der Waals surface area (Å²) in [6, 6.07) is 0. The quantitative estimate of drug-likeness (QED) is 0.669. The van der Waals surface area contributed by atoms with E-state index in [0.29, 0.717) is 12.4 Å². The Hall–Kier alpha value is -1.21. The second kappa shape index (κ2) is 3.67. The maximum Gasteiger partial charge on any atom is 0.273 e. The molecule has 0 aliphatic heterocycles. The van der Waals surface area contributed by atoms with Crippen molar-refractivity contribution in [1.29, 1.82) is 0 Å². The minimum absolute atomic E-state index is 0.407. The van der Waals surface area contributed by atoms with E-state index in [2.05, 4.69) is 9.97 Å². The van der Waals surface area contributed by atoms with Crippen molar-refractivity contribution in [2.75, 3.05) is 6.61 Å². The lowest BCUT2D eigenvalue weighted by Gasteiger charge is -2.01. The summed E-state index contributed by atoms with van der Waals surface area (Å²) in [6.45, 7) is 2.27. The molecule has 0 amide bonds. The zero-order valence-corrected chi connectivity index (χ0v) is 7.78. The smallest absolute Gasteiger partial charge is 0.273 e. The van der Waals surface area contributed by atoms with Crippen LogP contribution in [0.4, 0.5) is 0 Å². The molecule has 0 saturated carbocycles. The Morgan fingerprint density at radius 2 is 2.00 bits per heavy atom. The average Bonchev–Trinajstić information content (AvgIpc) is 2.04. The third kappa shape index (κ3) is 2.63. The van der Waals surface area contributed by atoms with Crippen molar-refractivity contribution in [3.63, 3.8) is 0 Å². The van der Waals surface area contributed by atoms with Crippen molar-refractivity contribution in [3.8, 4) is 5.75 Å². The van der Waals surface area contributed by atoms with Gasteiger partial charge in [-0.3, -0.25) is 0 Å². The second-order valence-corrected chi connectivity index (χ2v) is 3.63.